The van der Waals surface area contributed by atoms with Gasteiger partial charge in [0.1, 0.15) is 0 Å². The summed E-state index contributed by atoms with van der Waals surface area (Å²) in [5.41, 5.74) is 41.8. The topological polar surface area (TPSA) is 13.0 Å². The van der Waals surface area contributed by atoms with Crippen molar-refractivity contribution in [2.24, 2.45) is 0 Å². The van der Waals surface area contributed by atoms with E-state index in [2.05, 4.69) is 466 Å². The van der Waals surface area contributed by atoms with E-state index in [9.17, 15) is 0 Å². The zero-order valence-electron chi connectivity index (χ0n) is 83.7. The maximum Gasteiger partial charge on any atom is 0.252 e. The Morgan fingerprint density at radius 1 is 0.245 bits per heavy atom. The molecular weight excluding hydrogens is 1760 g/mol. The van der Waals surface area contributed by atoms with Crippen LogP contribution in [0.3, 0.4) is 0 Å². The molecule has 16 aromatic carbocycles. The molecule has 4 nitrogen and oxygen atoms in total. The Balaban J connectivity index is 0.000000155. The van der Waals surface area contributed by atoms with Crippen LogP contribution in [0.25, 0.3) is 84.9 Å². The second kappa shape index (κ2) is 33.2. The summed E-state index contributed by atoms with van der Waals surface area (Å²) < 4.78 is 5.29. The summed E-state index contributed by atoms with van der Waals surface area (Å²) in [6.07, 6.45) is 9.28. The highest BCUT2D eigenvalue weighted by atomic mass is 35.5. The maximum absolute atomic E-state index is 7.57. The molecule has 0 saturated heterocycles. The molecule has 0 fully saturated rings. The third kappa shape index (κ3) is 15.6. The van der Waals surface area contributed by atoms with E-state index in [1.54, 1.807) is 0 Å². The van der Waals surface area contributed by atoms with E-state index in [0.717, 1.165) is 88.3 Å². The summed E-state index contributed by atoms with van der Waals surface area (Å²) in [6, 6.07) is 122. The highest BCUT2D eigenvalue weighted by molar-refractivity contribution is 7.26. The van der Waals surface area contributed by atoms with Crippen LogP contribution in [0.5, 0.6) is 0 Å². The van der Waals surface area contributed by atoms with Crippen molar-refractivity contribution >= 4 is 178 Å². The maximum atomic E-state index is 7.57. The molecule has 139 heavy (non-hydrogen) atoms. The van der Waals surface area contributed by atoms with Gasteiger partial charge in [-0.15, -0.1) is 22.7 Å². The van der Waals surface area contributed by atoms with Gasteiger partial charge in [0.05, 0.1) is 0 Å². The van der Waals surface area contributed by atoms with Crippen molar-refractivity contribution in [3.63, 3.8) is 0 Å². The van der Waals surface area contributed by atoms with E-state index in [0.29, 0.717) is 5.02 Å². The molecule has 692 valence electrons. The molecular formula is C130H123BCl2N4S2. The number of benzene rings is 16. The summed E-state index contributed by atoms with van der Waals surface area (Å²) in [7, 11) is 0. The van der Waals surface area contributed by atoms with Crippen molar-refractivity contribution in [3.8, 4) is 44.5 Å². The third-order valence-corrected chi connectivity index (χ3v) is 36.0. The highest BCUT2D eigenvalue weighted by Crippen LogP contribution is 2.58. The number of rotatable bonds is 12. The van der Waals surface area contributed by atoms with E-state index >= 15 is 0 Å². The average molecular weight is 1890 g/mol. The van der Waals surface area contributed by atoms with E-state index < -0.39 is 0 Å². The van der Waals surface area contributed by atoms with Gasteiger partial charge in [-0.3, -0.25) is 0 Å². The van der Waals surface area contributed by atoms with Crippen molar-refractivity contribution in [1.82, 2.24) is 0 Å². The fraction of sp³-hybridized carbons (Fsp3) is 0.262. The predicted octanol–water partition coefficient (Wildman–Crippen LogP) is 37.1. The normalized spacial score (nSPS) is 17.1. The molecule has 0 unspecified atom stereocenters. The van der Waals surface area contributed by atoms with Gasteiger partial charge < -0.3 is 19.6 Å². The molecule has 0 atom stereocenters. The number of aryl methyl sites for hydroxylation is 2. The van der Waals surface area contributed by atoms with Gasteiger partial charge in [-0.2, -0.15) is 0 Å². The quantitative estimate of drug-likeness (QED) is 0.113. The lowest BCUT2D eigenvalue weighted by atomic mass is 9.33. The van der Waals surface area contributed by atoms with Crippen LogP contribution in [0.15, 0.2) is 322 Å². The molecule has 4 aliphatic carbocycles. The molecule has 6 aliphatic rings. The smallest absolute Gasteiger partial charge is 0.252 e. The first kappa shape index (κ1) is 90.6. The van der Waals surface area contributed by atoms with Crippen molar-refractivity contribution in [3.05, 3.63) is 387 Å². The number of nitrogens with zero attached hydrogens (tertiary/aromatic N) is 4. The van der Waals surface area contributed by atoms with Crippen LogP contribution in [-0.4, -0.2) is 6.71 Å². The van der Waals surface area contributed by atoms with Crippen LogP contribution < -0.4 is 36.0 Å². The molecule has 0 N–H and O–H groups in total. The average Bonchev–Trinajstić information content (AvgIpc) is 1.12. The van der Waals surface area contributed by atoms with E-state index in [4.69, 9.17) is 23.2 Å². The minimum atomic E-state index is -0.0477. The molecule has 2 aliphatic heterocycles. The van der Waals surface area contributed by atoms with Crippen molar-refractivity contribution in [2.45, 2.75) is 219 Å². The van der Waals surface area contributed by atoms with Crippen molar-refractivity contribution < 1.29 is 0 Å². The van der Waals surface area contributed by atoms with Gasteiger partial charge in [0.25, 0.3) is 6.71 Å². The van der Waals surface area contributed by atoms with Crippen molar-refractivity contribution in [2.75, 3.05) is 19.6 Å². The molecule has 24 rings (SSSR count). The van der Waals surface area contributed by atoms with Crippen LogP contribution in [0.4, 0.5) is 68.2 Å². The van der Waals surface area contributed by atoms with E-state index in [1.165, 1.54) is 193 Å². The van der Waals surface area contributed by atoms with Crippen LogP contribution in [0.2, 0.25) is 10.0 Å². The first-order valence-electron chi connectivity index (χ1n) is 50.3. The second-order valence-corrected chi connectivity index (χ2v) is 49.2. The number of hydrogen-bond donors (Lipinski definition) is 0. The minimum Gasteiger partial charge on any atom is -0.311 e. The second-order valence-electron chi connectivity index (χ2n) is 46.2. The highest BCUT2D eigenvalue weighted by Gasteiger charge is 2.49. The molecule has 0 spiro atoms. The van der Waals surface area contributed by atoms with Gasteiger partial charge in [0.15, 0.2) is 0 Å². The minimum absolute atomic E-state index is 0.0234. The predicted molar refractivity (Wildman–Crippen MR) is 604 cm³/mol. The Hall–Kier alpha value is -12.2. The number of halogens is 2. The first-order valence-corrected chi connectivity index (χ1v) is 52.7. The van der Waals surface area contributed by atoms with Gasteiger partial charge in [-0.25, -0.2) is 0 Å². The fourth-order valence-corrected chi connectivity index (χ4v) is 27.2. The SMILES string of the molecule is Cc1cc(-c2ccccc2)ccc1N(c1ccc(-c2ccc3sc4ccccc4c3c2)cc1)c1cc(Cl)cc(N(c2ccc3c(c2)C(C)(C)CCC3(C)C)c2ccc3c(c2)C(C)(C)CCC3(C)C)c1.Cc1cc(-c2ccccc2)ccc1N1c2ccc(-c3ccc4sc5ccccc5c4c3)cc2B2c3cc4c(cc3N(c3ccc5c(c3)C(C)(C)CCC5(C)C)c3cc(Cl)cc1c32)C(C)(C)CCC4(C)C. The molecule has 4 heterocycles. The van der Waals surface area contributed by atoms with Gasteiger partial charge in [-0.05, 0) is 377 Å². The summed E-state index contributed by atoms with van der Waals surface area (Å²) in [4.78, 5) is 10.0. The zero-order valence-corrected chi connectivity index (χ0v) is 86.8. The van der Waals surface area contributed by atoms with Crippen LogP contribution in [-0.2, 0) is 43.3 Å². The van der Waals surface area contributed by atoms with E-state index in [1.807, 2.05) is 22.7 Å². The molecule has 0 bridgehead atoms. The lowest BCUT2D eigenvalue weighted by Crippen LogP contribution is -2.62. The third-order valence-electron chi connectivity index (χ3n) is 33.3. The summed E-state index contributed by atoms with van der Waals surface area (Å²) in [5.74, 6) is 0. The van der Waals surface area contributed by atoms with Gasteiger partial charge in [0.2, 0.25) is 0 Å². The van der Waals surface area contributed by atoms with Crippen LogP contribution in [0, 0.1) is 13.8 Å². The molecule has 0 saturated carbocycles. The van der Waals surface area contributed by atoms with Gasteiger partial charge in [-0.1, -0.05) is 304 Å². The molecule has 2 aromatic heterocycles. The molecule has 9 heteroatoms. The summed E-state index contributed by atoms with van der Waals surface area (Å²) in [5, 5.41) is 6.68. The van der Waals surface area contributed by atoms with Crippen LogP contribution >= 0.6 is 45.9 Å². The Bertz CT molecular complexity index is 7960. The molecule has 18 aromatic rings. The fourth-order valence-electron chi connectivity index (χ4n) is 24.6. The van der Waals surface area contributed by atoms with Gasteiger partial charge >= 0.3 is 0 Å². The molecule has 0 radical (unpaired) electrons. The van der Waals surface area contributed by atoms with E-state index in [-0.39, 0.29) is 50.0 Å². The standard InChI is InChI=1S/C65H60BClN2S.C65H63ClN2S/c1-39-31-41(40-15-11-10-12-16-40)19-24-54(39)69-55-25-20-43(42-21-26-60-47(32-42)46-17-13-14-18-59(46)70-60)33-52(55)66-53-37-50-51(65(8,9)30-29-64(50,6)7)38-56(53)68(57-34-44(67)35-58(69)61(57)66)45-22-23-48-49(36-45)63(4,5)28-27-62(48,2)3;1-42-35-45(43-15-11-10-12-16-43)21-29-59(42)68(48-23-19-44(20-24-48)46-22-30-61-54(36-46)53-17-13-14-18-60(53)69-61)52-38-47(66)37-51(39-52)67(49-25-27-55-57(40-49)64(6,7)33-31-62(55,2)3)50-26-28-56-58(41-50)65(8,9)34-32-63(56,4)5/h10-26,31-38H,27-30H2,1-9H3;10-30,35-41H,31-34H2,1-9H3. The van der Waals surface area contributed by atoms with Crippen LogP contribution in [0.1, 0.15) is 218 Å². The monoisotopic (exact) mass is 1880 g/mol. The number of fused-ring (bicyclic) bond motifs is 14. The van der Waals surface area contributed by atoms with Gasteiger partial charge in [0, 0.05) is 119 Å². The molecule has 0 amide bonds. The van der Waals surface area contributed by atoms with Crippen molar-refractivity contribution in [1.29, 1.82) is 0 Å². The Kier molecular flexibility index (Phi) is 21.7. The largest absolute Gasteiger partial charge is 0.311 e. The number of anilines is 12. The number of thiophene rings is 2. The lowest BCUT2D eigenvalue weighted by molar-refractivity contribution is 0.332. The number of hydrogen-bond acceptors (Lipinski definition) is 6. The summed E-state index contributed by atoms with van der Waals surface area (Å²) in [6.45, 7) is 43.4. The first-order chi connectivity index (χ1) is 66.4. The lowest BCUT2D eigenvalue weighted by Gasteiger charge is -2.48. The Morgan fingerprint density at radius 3 is 1.12 bits per heavy atom. The zero-order chi connectivity index (χ0) is 96.3. The Labute approximate surface area is 841 Å². The Morgan fingerprint density at radius 2 is 0.612 bits per heavy atom. The summed E-state index contributed by atoms with van der Waals surface area (Å²) >= 11 is 18.8.